The number of ether oxygens (including phenoxy) is 1. The highest BCUT2D eigenvalue weighted by molar-refractivity contribution is 5.79. The number of hydrazine groups is 1. The molecule has 0 aromatic rings. The minimum absolute atomic E-state index is 0.404. The van der Waals surface area contributed by atoms with E-state index in [1.165, 1.54) is 0 Å². The predicted octanol–water partition coefficient (Wildman–Crippen LogP) is 0.327. The van der Waals surface area contributed by atoms with Gasteiger partial charge in [0.05, 0.1) is 12.6 Å². The van der Waals surface area contributed by atoms with Crippen LogP contribution in [0.25, 0.3) is 0 Å². The molecule has 5 heteroatoms. The van der Waals surface area contributed by atoms with Gasteiger partial charge in [-0.2, -0.15) is 0 Å². The molecule has 0 aromatic heterocycles. The summed E-state index contributed by atoms with van der Waals surface area (Å²) < 4.78 is 5.33. The minimum Gasteiger partial charge on any atom is -0.379 e. The SMILES string of the molecule is CCCCN=C(NN)N(C)C1CCOC1. The van der Waals surface area contributed by atoms with E-state index in [-0.39, 0.29) is 0 Å². The van der Waals surface area contributed by atoms with Crippen molar-refractivity contribution in [1.82, 2.24) is 10.3 Å². The molecule has 88 valence electrons. The van der Waals surface area contributed by atoms with Gasteiger partial charge in [-0.15, -0.1) is 0 Å². The Morgan fingerprint density at radius 3 is 3.00 bits per heavy atom. The maximum atomic E-state index is 5.46. The number of nitrogens with one attached hydrogen (secondary N) is 1. The molecule has 0 bridgehead atoms. The zero-order chi connectivity index (χ0) is 11.1. The van der Waals surface area contributed by atoms with E-state index < -0.39 is 0 Å². The van der Waals surface area contributed by atoms with Crippen LogP contribution >= 0.6 is 0 Å². The van der Waals surface area contributed by atoms with E-state index in [1.54, 1.807) is 0 Å². The van der Waals surface area contributed by atoms with Crippen molar-refractivity contribution in [3.63, 3.8) is 0 Å². The Morgan fingerprint density at radius 2 is 2.47 bits per heavy atom. The van der Waals surface area contributed by atoms with Crippen LogP contribution in [0.5, 0.6) is 0 Å². The second-order valence-electron chi connectivity index (χ2n) is 3.83. The van der Waals surface area contributed by atoms with Gasteiger partial charge in [0.1, 0.15) is 0 Å². The first-order valence-corrected chi connectivity index (χ1v) is 5.61. The second-order valence-corrected chi connectivity index (χ2v) is 3.83. The smallest absolute Gasteiger partial charge is 0.208 e. The first-order valence-electron chi connectivity index (χ1n) is 5.61. The van der Waals surface area contributed by atoms with Gasteiger partial charge < -0.3 is 9.64 Å². The van der Waals surface area contributed by atoms with E-state index in [9.17, 15) is 0 Å². The van der Waals surface area contributed by atoms with Crippen molar-refractivity contribution in [3.05, 3.63) is 0 Å². The van der Waals surface area contributed by atoms with Gasteiger partial charge in [-0.1, -0.05) is 13.3 Å². The second kappa shape index (κ2) is 6.63. The number of nitrogens with zero attached hydrogens (tertiary/aromatic N) is 2. The number of likely N-dealkylation sites (N-methyl/N-ethyl adjacent to an activating group) is 1. The Labute approximate surface area is 91.6 Å². The molecular weight excluding hydrogens is 192 g/mol. The largest absolute Gasteiger partial charge is 0.379 e. The van der Waals surface area contributed by atoms with E-state index in [0.717, 1.165) is 45.0 Å². The first-order chi connectivity index (χ1) is 7.29. The number of aliphatic imine (C=N–C) groups is 1. The summed E-state index contributed by atoms with van der Waals surface area (Å²) in [4.78, 5) is 6.50. The molecule has 1 saturated heterocycles. The standard InChI is InChI=1S/C10H22N4O/c1-3-4-6-12-10(13-11)14(2)9-5-7-15-8-9/h9H,3-8,11H2,1-2H3,(H,12,13). The summed E-state index contributed by atoms with van der Waals surface area (Å²) in [5.74, 6) is 6.22. The molecule has 1 fully saturated rings. The number of hydrogen-bond acceptors (Lipinski definition) is 3. The van der Waals surface area contributed by atoms with Gasteiger partial charge in [0, 0.05) is 20.2 Å². The van der Waals surface area contributed by atoms with Gasteiger partial charge in [0.25, 0.3) is 0 Å². The molecule has 1 heterocycles. The van der Waals surface area contributed by atoms with Crippen LogP contribution in [0, 0.1) is 0 Å². The van der Waals surface area contributed by atoms with Gasteiger partial charge in [0.2, 0.25) is 5.96 Å². The van der Waals surface area contributed by atoms with Crippen LogP contribution in [0.3, 0.4) is 0 Å². The third-order valence-corrected chi connectivity index (χ3v) is 2.69. The van der Waals surface area contributed by atoms with Crippen LogP contribution in [-0.2, 0) is 4.74 Å². The molecule has 0 radical (unpaired) electrons. The third-order valence-electron chi connectivity index (χ3n) is 2.69. The molecule has 1 rings (SSSR count). The zero-order valence-electron chi connectivity index (χ0n) is 9.70. The van der Waals surface area contributed by atoms with Crippen molar-refractivity contribution in [2.45, 2.75) is 32.2 Å². The summed E-state index contributed by atoms with van der Waals surface area (Å²) in [6, 6.07) is 0.404. The van der Waals surface area contributed by atoms with Crippen LogP contribution in [0.1, 0.15) is 26.2 Å². The third kappa shape index (κ3) is 3.68. The lowest BCUT2D eigenvalue weighted by molar-refractivity contribution is 0.178. The van der Waals surface area contributed by atoms with E-state index in [4.69, 9.17) is 10.6 Å². The summed E-state index contributed by atoms with van der Waals surface area (Å²) in [5, 5.41) is 0. The summed E-state index contributed by atoms with van der Waals surface area (Å²) in [6.07, 6.45) is 3.29. The van der Waals surface area contributed by atoms with Crippen molar-refractivity contribution in [3.8, 4) is 0 Å². The number of hydrogen-bond donors (Lipinski definition) is 2. The molecule has 1 aliphatic rings. The number of nitrogens with two attached hydrogens (primary N) is 1. The molecule has 0 aliphatic carbocycles. The Kier molecular flexibility index (Phi) is 5.42. The van der Waals surface area contributed by atoms with Crippen molar-refractivity contribution in [2.75, 3.05) is 26.8 Å². The fourth-order valence-electron chi connectivity index (χ4n) is 1.60. The Hall–Kier alpha value is -0.810. The normalized spacial score (nSPS) is 21.8. The summed E-state index contributed by atoms with van der Waals surface area (Å²) >= 11 is 0. The average molecular weight is 214 g/mol. The quantitative estimate of drug-likeness (QED) is 0.233. The van der Waals surface area contributed by atoms with Crippen molar-refractivity contribution >= 4 is 5.96 Å². The lowest BCUT2D eigenvalue weighted by Crippen LogP contribution is -2.47. The number of unbranched alkanes of at least 4 members (excludes halogenated alkanes) is 1. The Morgan fingerprint density at radius 1 is 1.67 bits per heavy atom. The summed E-state index contributed by atoms with van der Waals surface area (Å²) in [6.45, 7) is 4.58. The van der Waals surface area contributed by atoms with E-state index in [1.807, 2.05) is 7.05 Å². The lowest BCUT2D eigenvalue weighted by atomic mass is 10.2. The summed E-state index contributed by atoms with van der Waals surface area (Å²) in [7, 11) is 2.00. The highest BCUT2D eigenvalue weighted by atomic mass is 16.5. The number of rotatable bonds is 4. The molecule has 1 aliphatic heterocycles. The fraction of sp³-hybridized carbons (Fsp3) is 0.900. The van der Waals surface area contributed by atoms with Crippen LogP contribution in [0.4, 0.5) is 0 Å². The molecule has 1 atom stereocenters. The minimum atomic E-state index is 0.404. The maximum absolute atomic E-state index is 5.46. The summed E-state index contributed by atoms with van der Waals surface area (Å²) in [5.41, 5.74) is 2.66. The maximum Gasteiger partial charge on any atom is 0.208 e. The molecule has 1 unspecified atom stereocenters. The van der Waals surface area contributed by atoms with Gasteiger partial charge in [0.15, 0.2) is 0 Å². The molecule has 0 amide bonds. The van der Waals surface area contributed by atoms with Gasteiger partial charge in [-0.3, -0.25) is 10.4 Å². The molecule has 0 saturated carbocycles. The van der Waals surface area contributed by atoms with E-state index >= 15 is 0 Å². The van der Waals surface area contributed by atoms with Crippen molar-refractivity contribution < 1.29 is 4.74 Å². The molecule has 15 heavy (non-hydrogen) atoms. The van der Waals surface area contributed by atoms with E-state index in [2.05, 4.69) is 22.2 Å². The highest BCUT2D eigenvalue weighted by Gasteiger charge is 2.22. The van der Waals surface area contributed by atoms with Crippen molar-refractivity contribution in [2.24, 2.45) is 10.8 Å². The molecular formula is C10H22N4O. The zero-order valence-corrected chi connectivity index (χ0v) is 9.70. The Bertz CT molecular complexity index is 202. The average Bonchev–Trinajstić information content (AvgIpc) is 2.77. The Balaban J connectivity index is 2.44. The van der Waals surface area contributed by atoms with Gasteiger partial charge in [-0.05, 0) is 12.8 Å². The van der Waals surface area contributed by atoms with Crippen LogP contribution in [0.15, 0.2) is 4.99 Å². The van der Waals surface area contributed by atoms with Crippen LogP contribution < -0.4 is 11.3 Å². The lowest BCUT2D eigenvalue weighted by Gasteiger charge is -2.25. The van der Waals surface area contributed by atoms with Gasteiger partial charge >= 0.3 is 0 Å². The molecule has 5 nitrogen and oxygen atoms in total. The molecule has 0 spiro atoms. The molecule has 0 aromatic carbocycles. The number of guanidine groups is 1. The predicted molar refractivity (Wildman–Crippen MR) is 61.5 cm³/mol. The van der Waals surface area contributed by atoms with Crippen molar-refractivity contribution in [1.29, 1.82) is 0 Å². The monoisotopic (exact) mass is 214 g/mol. The highest BCUT2D eigenvalue weighted by Crippen LogP contribution is 2.10. The van der Waals surface area contributed by atoms with E-state index in [0.29, 0.717) is 6.04 Å². The van der Waals surface area contributed by atoms with Crippen LogP contribution in [-0.4, -0.2) is 43.7 Å². The fourth-order valence-corrected chi connectivity index (χ4v) is 1.60. The first kappa shape index (κ1) is 12.3. The van der Waals surface area contributed by atoms with Crippen LogP contribution in [0.2, 0.25) is 0 Å². The van der Waals surface area contributed by atoms with Gasteiger partial charge in [-0.25, -0.2) is 5.84 Å². The molecule has 3 N–H and O–H groups in total. The topological polar surface area (TPSA) is 62.9 Å².